The molecule has 0 saturated carbocycles. The van der Waals surface area contributed by atoms with Gasteiger partial charge >= 0.3 is 0 Å². The van der Waals surface area contributed by atoms with Gasteiger partial charge in [-0.25, -0.2) is 4.98 Å². The van der Waals surface area contributed by atoms with Gasteiger partial charge in [-0.15, -0.1) is 11.3 Å². The molecule has 0 aliphatic heterocycles. The van der Waals surface area contributed by atoms with Crippen LogP contribution in [-0.4, -0.2) is 24.9 Å². The molecule has 0 fully saturated rings. The minimum Gasteiger partial charge on any atom is -0.386 e. The van der Waals surface area contributed by atoms with Crippen LogP contribution in [0.5, 0.6) is 0 Å². The number of thiazole rings is 1. The van der Waals surface area contributed by atoms with Crippen LogP contribution in [0.3, 0.4) is 0 Å². The van der Waals surface area contributed by atoms with E-state index in [4.69, 9.17) is 0 Å². The number of aromatic nitrogens is 1. The lowest BCUT2D eigenvalue weighted by Gasteiger charge is -2.02. The Morgan fingerprint density at radius 2 is 2.15 bits per heavy atom. The van der Waals surface area contributed by atoms with E-state index in [-0.39, 0.29) is 0 Å². The lowest BCUT2D eigenvalue weighted by Crippen LogP contribution is -2.04. The maximum atomic E-state index is 4.34. The van der Waals surface area contributed by atoms with Crippen molar-refractivity contribution in [3.63, 3.8) is 0 Å². The largest absolute Gasteiger partial charge is 0.386 e. The van der Waals surface area contributed by atoms with Gasteiger partial charge in [-0.2, -0.15) is 0 Å². The normalized spacial score (nSPS) is 11.8. The quantitative estimate of drug-likeness (QED) is 0.802. The number of aliphatic imine (C=N–C) groups is 1. The molecule has 0 unspecified atom stereocenters. The SMILES string of the molecule is CN/C(=C\C=N/CNc1ccccc1)c1ncc(C)s1. The third kappa shape index (κ3) is 4.20. The highest BCUT2D eigenvalue weighted by Gasteiger charge is 2.02. The van der Waals surface area contributed by atoms with Crippen molar-refractivity contribution in [2.45, 2.75) is 6.92 Å². The van der Waals surface area contributed by atoms with E-state index in [0.29, 0.717) is 6.67 Å². The maximum absolute atomic E-state index is 4.34. The van der Waals surface area contributed by atoms with E-state index in [1.165, 1.54) is 4.88 Å². The molecule has 0 amide bonds. The van der Waals surface area contributed by atoms with Gasteiger partial charge in [0.2, 0.25) is 0 Å². The van der Waals surface area contributed by atoms with E-state index >= 15 is 0 Å². The Morgan fingerprint density at radius 3 is 2.80 bits per heavy atom. The first-order chi connectivity index (χ1) is 9.79. The number of hydrogen-bond acceptors (Lipinski definition) is 5. The number of anilines is 1. The molecule has 2 N–H and O–H groups in total. The van der Waals surface area contributed by atoms with E-state index in [1.807, 2.05) is 56.6 Å². The fourth-order valence-electron chi connectivity index (χ4n) is 1.61. The Balaban J connectivity index is 1.88. The summed E-state index contributed by atoms with van der Waals surface area (Å²) in [4.78, 5) is 9.85. The zero-order chi connectivity index (χ0) is 14.2. The highest BCUT2D eigenvalue weighted by atomic mass is 32.1. The number of aryl methyl sites for hydroxylation is 1. The molecule has 5 heteroatoms. The van der Waals surface area contributed by atoms with Crippen molar-refractivity contribution in [2.75, 3.05) is 19.0 Å². The van der Waals surface area contributed by atoms with Gasteiger partial charge in [0.1, 0.15) is 11.7 Å². The molecule has 0 aliphatic rings. The smallest absolute Gasteiger partial charge is 0.139 e. The molecule has 1 aromatic heterocycles. The van der Waals surface area contributed by atoms with Crippen LogP contribution in [0.2, 0.25) is 0 Å². The molecule has 4 nitrogen and oxygen atoms in total. The number of rotatable bonds is 6. The van der Waals surface area contributed by atoms with Crippen molar-refractivity contribution in [1.29, 1.82) is 0 Å². The summed E-state index contributed by atoms with van der Waals surface area (Å²) in [5.41, 5.74) is 2.05. The first-order valence-corrected chi connectivity index (χ1v) is 7.21. The number of nitrogens with zero attached hydrogens (tertiary/aromatic N) is 2. The molecule has 0 bridgehead atoms. The fraction of sp³-hybridized carbons (Fsp3) is 0.200. The summed E-state index contributed by atoms with van der Waals surface area (Å²) in [5.74, 6) is 0. The lowest BCUT2D eigenvalue weighted by atomic mass is 10.3. The van der Waals surface area contributed by atoms with Gasteiger partial charge in [0.05, 0.1) is 5.70 Å². The minimum atomic E-state index is 0.550. The third-order valence-corrected chi connectivity index (χ3v) is 3.56. The number of nitrogens with one attached hydrogen (secondary N) is 2. The van der Waals surface area contributed by atoms with Crippen molar-refractivity contribution in [1.82, 2.24) is 10.3 Å². The van der Waals surface area contributed by atoms with E-state index in [9.17, 15) is 0 Å². The summed E-state index contributed by atoms with van der Waals surface area (Å²) in [5, 5.41) is 7.34. The lowest BCUT2D eigenvalue weighted by molar-refractivity contribution is 1.11. The standard InChI is InChI=1S/C15H18N4S/c1-12-10-18-15(20-12)14(16-2)8-9-17-11-19-13-6-4-3-5-7-13/h3-10,16,19H,11H2,1-2H3/b14-8-,17-9-. The van der Waals surface area contributed by atoms with Gasteiger partial charge < -0.3 is 10.6 Å². The van der Waals surface area contributed by atoms with Crippen LogP contribution in [0.15, 0.2) is 47.6 Å². The molecule has 20 heavy (non-hydrogen) atoms. The third-order valence-electron chi connectivity index (χ3n) is 2.62. The summed E-state index contributed by atoms with van der Waals surface area (Å²) >= 11 is 1.66. The fourth-order valence-corrected chi connectivity index (χ4v) is 2.41. The maximum Gasteiger partial charge on any atom is 0.139 e. The van der Waals surface area contributed by atoms with E-state index in [1.54, 1.807) is 17.6 Å². The average Bonchev–Trinajstić information content (AvgIpc) is 2.90. The van der Waals surface area contributed by atoms with Gasteiger partial charge in [-0.05, 0) is 25.1 Å². The Kier molecular flexibility index (Phi) is 5.32. The average molecular weight is 286 g/mol. The van der Waals surface area contributed by atoms with Crippen LogP contribution < -0.4 is 10.6 Å². The molecule has 0 aliphatic carbocycles. The first-order valence-electron chi connectivity index (χ1n) is 6.39. The van der Waals surface area contributed by atoms with Crippen LogP contribution in [-0.2, 0) is 0 Å². The van der Waals surface area contributed by atoms with Crippen LogP contribution >= 0.6 is 11.3 Å². The monoisotopic (exact) mass is 286 g/mol. The summed E-state index contributed by atoms with van der Waals surface area (Å²) in [6, 6.07) is 10.0. The summed E-state index contributed by atoms with van der Waals surface area (Å²) in [6.45, 7) is 2.60. The van der Waals surface area contributed by atoms with Crippen LogP contribution in [0, 0.1) is 6.92 Å². The van der Waals surface area contributed by atoms with Gasteiger partial charge in [0, 0.05) is 30.0 Å². The molecule has 0 atom stereocenters. The molecular formula is C15H18N4S. The summed E-state index contributed by atoms with van der Waals surface area (Å²) < 4.78 is 0. The number of allylic oxidation sites excluding steroid dienone is 1. The molecule has 0 radical (unpaired) electrons. The van der Waals surface area contributed by atoms with Crippen LogP contribution in [0.4, 0.5) is 5.69 Å². The molecule has 1 heterocycles. The van der Waals surface area contributed by atoms with Crippen molar-refractivity contribution < 1.29 is 0 Å². The first kappa shape index (κ1) is 14.3. The summed E-state index contributed by atoms with van der Waals surface area (Å²) in [6.07, 6.45) is 5.60. The Hall–Kier alpha value is -2.14. The minimum absolute atomic E-state index is 0.550. The molecule has 104 valence electrons. The van der Waals surface area contributed by atoms with Crippen LogP contribution in [0.25, 0.3) is 5.70 Å². The second-order valence-electron chi connectivity index (χ2n) is 4.14. The number of para-hydroxylation sites is 1. The highest BCUT2D eigenvalue weighted by Crippen LogP contribution is 2.17. The van der Waals surface area contributed by atoms with Crippen molar-refractivity contribution in [3.05, 3.63) is 52.5 Å². The predicted octanol–water partition coefficient (Wildman–Crippen LogP) is 3.15. The second kappa shape index (κ2) is 7.45. The van der Waals surface area contributed by atoms with Gasteiger partial charge in [-0.1, -0.05) is 18.2 Å². The molecule has 1 aromatic carbocycles. The topological polar surface area (TPSA) is 49.3 Å². The Morgan fingerprint density at radius 1 is 1.35 bits per heavy atom. The number of hydrogen-bond donors (Lipinski definition) is 2. The second-order valence-corrected chi connectivity index (χ2v) is 5.37. The van der Waals surface area contributed by atoms with Crippen molar-refractivity contribution >= 4 is 28.9 Å². The molecule has 0 saturated heterocycles. The zero-order valence-corrected chi connectivity index (χ0v) is 12.4. The Labute approximate surface area is 123 Å². The molecule has 2 aromatic rings. The number of benzene rings is 1. The molecule has 2 rings (SSSR count). The van der Waals surface area contributed by atoms with Crippen molar-refractivity contribution in [2.24, 2.45) is 4.99 Å². The predicted molar refractivity (Wildman–Crippen MR) is 87.3 cm³/mol. The van der Waals surface area contributed by atoms with Gasteiger partial charge in [0.15, 0.2) is 0 Å². The van der Waals surface area contributed by atoms with E-state index in [0.717, 1.165) is 16.4 Å². The summed E-state index contributed by atoms with van der Waals surface area (Å²) in [7, 11) is 1.89. The zero-order valence-electron chi connectivity index (χ0n) is 11.6. The van der Waals surface area contributed by atoms with E-state index < -0.39 is 0 Å². The highest BCUT2D eigenvalue weighted by molar-refractivity contribution is 7.12. The van der Waals surface area contributed by atoms with E-state index in [2.05, 4.69) is 20.6 Å². The molecule has 0 spiro atoms. The Bertz CT molecular complexity index is 587. The van der Waals surface area contributed by atoms with Gasteiger partial charge in [0.25, 0.3) is 0 Å². The van der Waals surface area contributed by atoms with Crippen molar-refractivity contribution in [3.8, 4) is 0 Å². The van der Waals surface area contributed by atoms with Gasteiger partial charge in [-0.3, -0.25) is 4.99 Å². The molecular weight excluding hydrogens is 268 g/mol. The van der Waals surface area contributed by atoms with Crippen LogP contribution in [0.1, 0.15) is 9.88 Å².